The van der Waals surface area contributed by atoms with Gasteiger partial charge >= 0.3 is 12.1 Å². The van der Waals surface area contributed by atoms with Gasteiger partial charge in [0.2, 0.25) is 0 Å². The van der Waals surface area contributed by atoms with Crippen LogP contribution >= 0.6 is 0 Å². The Hall–Kier alpha value is -2.37. The first-order chi connectivity index (χ1) is 13.3. The highest BCUT2D eigenvalue weighted by atomic mass is 16.6. The first-order valence-corrected chi connectivity index (χ1v) is 9.96. The lowest BCUT2D eigenvalue weighted by Gasteiger charge is -2.21. The highest BCUT2D eigenvalue weighted by Gasteiger charge is 2.22. The maximum atomic E-state index is 12.1. The molecule has 1 atom stereocenters. The third-order valence-electron chi connectivity index (χ3n) is 4.76. The van der Waals surface area contributed by atoms with E-state index in [9.17, 15) is 14.4 Å². The smallest absolute Gasteiger partial charge is 0.407 e. The Kier molecular flexibility index (Phi) is 8.03. The molecule has 28 heavy (non-hydrogen) atoms. The zero-order chi connectivity index (χ0) is 20.6. The van der Waals surface area contributed by atoms with E-state index in [1.165, 1.54) is 6.42 Å². The van der Waals surface area contributed by atoms with E-state index in [1.54, 1.807) is 20.8 Å². The largest absolute Gasteiger partial charge is 0.461 e. The van der Waals surface area contributed by atoms with Gasteiger partial charge in [0.15, 0.2) is 0 Å². The summed E-state index contributed by atoms with van der Waals surface area (Å²) in [6, 6.07) is 7.32. The van der Waals surface area contributed by atoms with Gasteiger partial charge in [-0.15, -0.1) is 0 Å². The van der Waals surface area contributed by atoms with Crippen molar-refractivity contribution in [3.05, 3.63) is 35.4 Å². The van der Waals surface area contributed by atoms with Crippen LogP contribution in [0.15, 0.2) is 24.3 Å². The van der Waals surface area contributed by atoms with Crippen LogP contribution in [0.1, 0.15) is 69.9 Å². The minimum Gasteiger partial charge on any atom is -0.461 e. The topological polar surface area (TPSA) is 81.7 Å². The molecule has 1 saturated carbocycles. The summed E-state index contributed by atoms with van der Waals surface area (Å²) in [6.45, 7) is 5.74. The Morgan fingerprint density at radius 2 is 1.79 bits per heavy atom. The normalized spacial score (nSPS) is 16.1. The van der Waals surface area contributed by atoms with Gasteiger partial charge in [0, 0.05) is 6.54 Å². The molecule has 0 unspecified atom stereocenters. The minimum atomic E-state index is -0.586. The van der Waals surface area contributed by atoms with Crippen LogP contribution in [0, 0.1) is 5.92 Å². The Bertz CT molecular complexity index is 656. The van der Waals surface area contributed by atoms with Gasteiger partial charge in [0.25, 0.3) is 0 Å². The van der Waals surface area contributed by atoms with Gasteiger partial charge in [-0.2, -0.15) is 0 Å². The molecule has 0 aliphatic heterocycles. The third kappa shape index (κ3) is 7.33. The zero-order valence-electron chi connectivity index (χ0n) is 17.0. The van der Waals surface area contributed by atoms with Gasteiger partial charge in [-0.3, -0.25) is 4.79 Å². The van der Waals surface area contributed by atoms with E-state index in [-0.39, 0.29) is 25.0 Å². The maximum Gasteiger partial charge on any atom is 0.407 e. The second kappa shape index (κ2) is 10.2. The molecule has 0 aromatic heterocycles. The third-order valence-corrected chi connectivity index (χ3v) is 4.76. The lowest BCUT2D eigenvalue weighted by atomic mass is 9.89. The monoisotopic (exact) mass is 389 g/mol. The summed E-state index contributed by atoms with van der Waals surface area (Å²) in [6.07, 6.45) is 5.48. The zero-order valence-corrected chi connectivity index (χ0v) is 17.0. The molecule has 1 aromatic carbocycles. The number of amides is 1. The number of carbonyl (C=O) groups is 3. The summed E-state index contributed by atoms with van der Waals surface area (Å²) in [5.74, 6) is -0.547. The molecule has 1 fully saturated rings. The number of hydrogen-bond acceptors (Lipinski definition) is 5. The van der Waals surface area contributed by atoms with Gasteiger partial charge in [-0.05, 0) is 44.7 Å². The van der Waals surface area contributed by atoms with E-state index in [2.05, 4.69) is 5.32 Å². The van der Waals surface area contributed by atoms with Crippen LogP contribution in [-0.4, -0.2) is 30.5 Å². The van der Waals surface area contributed by atoms with Crippen LogP contribution in [-0.2, 0) is 25.7 Å². The molecule has 154 valence electrons. The van der Waals surface area contributed by atoms with E-state index in [1.807, 2.05) is 24.3 Å². The second-order valence-electron chi connectivity index (χ2n) is 8.31. The summed E-state index contributed by atoms with van der Waals surface area (Å²) in [5.41, 5.74) is 1.07. The van der Waals surface area contributed by atoms with Crippen molar-refractivity contribution < 1.29 is 23.9 Å². The molecular weight excluding hydrogens is 358 g/mol. The van der Waals surface area contributed by atoms with Crippen LogP contribution in [0.2, 0.25) is 0 Å². The van der Waals surface area contributed by atoms with Crippen molar-refractivity contribution in [2.45, 2.75) is 71.0 Å². The Balaban J connectivity index is 1.83. The summed E-state index contributed by atoms with van der Waals surface area (Å²) in [5, 5.41) is 2.62. The molecular formula is C22H31NO5. The predicted octanol–water partition coefficient (Wildman–Crippen LogP) is 4.12. The summed E-state index contributed by atoms with van der Waals surface area (Å²) in [4.78, 5) is 35.3. The van der Waals surface area contributed by atoms with Gasteiger partial charge in [-0.1, -0.05) is 43.5 Å². The predicted molar refractivity (Wildman–Crippen MR) is 106 cm³/mol. The molecule has 0 saturated heterocycles. The average molecular weight is 389 g/mol. The molecule has 1 amide bonds. The van der Waals surface area contributed by atoms with E-state index in [4.69, 9.17) is 9.47 Å². The molecule has 1 aliphatic rings. The molecule has 0 spiro atoms. The van der Waals surface area contributed by atoms with Gasteiger partial charge in [0.05, 0.1) is 11.8 Å². The van der Waals surface area contributed by atoms with E-state index in [0.29, 0.717) is 0 Å². The quantitative estimate of drug-likeness (QED) is 0.560. The van der Waals surface area contributed by atoms with Crippen molar-refractivity contribution in [2.75, 3.05) is 6.54 Å². The number of alkyl carbamates (subject to hydrolysis) is 1. The standard InChI is InChI=1S/C22H31NO5/c1-22(2,3)28-21(26)23-13-19(14-24)17-11-9-16(10-12-17)15-27-20(25)18-7-5-4-6-8-18/h9-12,14,18-19H,4-8,13,15H2,1-3H3,(H,23,26)/t19-/m0/s1. The Morgan fingerprint density at radius 1 is 1.14 bits per heavy atom. The van der Waals surface area contributed by atoms with Crippen molar-refractivity contribution >= 4 is 18.3 Å². The number of benzene rings is 1. The highest BCUT2D eigenvalue weighted by molar-refractivity contribution is 5.72. The van der Waals surface area contributed by atoms with Crippen molar-refractivity contribution in [3.63, 3.8) is 0 Å². The van der Waals surface area contributed by atoms with E-state index >= 15 is 0 Å². The maximum absolute atomic E-state index is 12.1. The lowest BCUT2D eigenvalue weighted by Crippen LogP contribution is -2.35. The number of carbonyl (C=O) groups excluding carboxylic acids is 3. The van der Waals surface area contributed by atoms with Crippen LogP contribution in [0.25, 0.3) is 0 Å². The number of ether oxygens (including phenoxy) is 2. The van der Waals surface area contributed by atoms with Gasteiger partial charge in [-0.25, -0.2) is 4.79 Å². The molecule has 0 radical (unpaired) electrons. The van der Waals surface area contributed by atoms with Crippen LogP contribution in [0.3, 0.4) is 0 Å². The molecule has 1 aromatic rings. The molecule has 0 bridgehead atoms. The van der Waals surface area contributed by atoms with Crippen molar-refractivity contribution in [3.8, 4) is 0 Å². The molecule has 6 nitrogen and oxygen atoms in total. The summed E-state index contributed by atoms with van der Waals surface area (Å²) in [7, 11) is 0. The van der Waals surface area contributed by atoms with Crippen LogP contribution < -0.4 is 5.32 Å². The second-order valence-corrected chi connectivity index (χ2v) is 8.31. The van der Waals surface area contributed by atoms with Crippen molar-refractivity contribution in [1.29, 1.82) is 0 Å². The first-order valence-electron chi connectivity index (χ1n) is 9.96. The van der Waals surface area contributed by atoms with Crippen LogP contribution in [0.4, 0.5) is 4.79 Å². The van der Waals surface area contributed by atoms with Crippen LogP contribution in [0.5, 0.6) is 0 Å². The number of nitrogens with one attached hydrogen (secondary N) is 1. The fourth-order valence-electron chi connectivity index (χ4n) is 3.22. The number of hydrogen-bond donors (Lipinski definition) is 1. The minimum absolute atomic E-state index is 0.0337. The SMILES string of the molecule is CC(C)(C)OC(=O)NC[C@@H](C=O)c1ccc(COC(=O)C2CCCCC2)cc1. The molecule has 2 rings (SSSR count). The Labute approximate surface area is 167 Å². The molecule has 1 N–H and O–H groups in total. The fraction of sp³-hybridized carbons (Fsp3) is 0.591. The average Bonchev–Trinajstić information content (AvgIpc) is 2.67. The van der Waals surface area contributed by atoms with Gasteiger partial charge in [0.1, 0.15) is 18.5 Å². The van der Waals surface area contributed by atoms with Crippen molar-refractivity contribution in [1.82, 2.24) is 5.32 Å². The number of rotatable bonds is 7. The van der Waals surface area contributed by atoms with Gasteiger partial charge < -0.3 is 19.6 Å². The molecule has 1 aliphatic carbocycles. The van der Waals surface area contributed by atoms with Crippen molar-refractivity contribution in [2.24, 2.45) is 5.92 Å². The first kappa shape index (κ1) is 21.9. The van der Waals surface area contributed by atoms with E-state index < -0.39 is 17.6 Å². The molecule has 6 heteroatoms. The Morgan fingerprint density at radius 3 is 2.36 bits per heavy atom. The highest BCUT2D eigenvalue weighted by Crippen LogP contribution is 2.25. The lowest BCUT2D eigenvalue weighted by molar-refractivity contribution is -0.151. The summed E-state index contributed by atoms with van der Waals surface area (Å²) < 4.78 is 10.6. The number of esters is 1. The van der Waals surface area contributed by atoms with E-state index in [0.717, 1.165) is 43.1 Å². The number of aldehydes is 1. The summed E-state index contributed by atoms with van der Waals surface area (Å²) >= 11 is 0. The fourth-order valence-corrected chi connectivity index (χ4v) is 3.22. The molecule has 0 heterocycles.